The zero-order chi connectivity index (χ0) is 15.0. The monoisotopic (exact) mass is 356 g/mol. The van der Waals surface area contributed by atoms with Crippen LogP contribution in [0.4, 0.5) is 0 Å². The van der Waals surface area contributed by atoms with Crippen molar-refractivity contribution < 1.29 is 8.42 Å². The Balaban J connectivity index is 2.46. The van der Waals surface area contributed by atoms with Crippen molar-refractivity contribution in [3.63, 3.8) is 0 Å². The Hall–Kier alpha value is -0.900. The van der Waals surface area contributed by atoms with Crippen molar-refractivity contribution in [2.75, 3.05) is 6.54 Å². The molecule has 0 aromatic heterocycles. The minimum Gasteiger partial charge on any atom is -0.207 e. The molecule has 0 spiro atoms. The fraction of sp³-hybridized carbons (Fsp3) is 0.500. The summed E-state index contributed by atoms with van der Waals surface area (Å²) in [5, 5.41) is 9.40. The highest BCUT2D eigenvalue weighted by Crippen LogP contribution is 2.37. The van der Waals surface area contributed by atoms with E-state index >= 15 is 0 Å². The van der Waals surface area contributed by atoms with E-state index < -0.39 is 16.1 Å². The first kappa shape index (κ1) is 15.5. The van der Waals surface area contributed by atoms with E-state index in [1.807, 2.05) is 13.8 Å². The molecule has 4 nitrogen and oxygen atoms in total. The lowest BCUT2D eigenvalue weighted by Gasteiger charge is -2.41. The third-order valence-corrected chi connectivity index (χ3v) is 6.11. The molecule has 1 aliphatic rings. The zero-order valence-electron chi connectivity index (χ0n) is 11.5. The van der Waals surface area contributed by atoms with Gasteiger partial charge in [0, 0.05) is 11.0 Å². The summed E-state index contributed by atoms with van der Waals surface area (Å²) in [6, 6.07) is 8.15. The van der Waals surface area contributed by atoms with Gasteiger partial charge in [-0.1, -0.05) is 35.8 Å². The highest BCUT2D eigenvalue weighted by atomic mass is 79.9. The number of nitrogens with zero attached hydrogens (tertiary/aromatic N) is 2. The van der Waals surface area contributed by atoms with E-state index in [9.17, 15) is 13.7 Å². The van der Waals surface area contributed by atoms with Gasteiger partial charge in [-0.05, 0) is 36.5 Å². The Labute approximate surface area is 128 Å². The van der Waals surface area contributed by atoms with Crippen LogP contribution in [0.5, 0.6) is 0 Å². The van der Waals surface area contributed by atoms with Gasteiger partial charge in [-0.3, -0.25) is 0 Å². The van der Waals surface area contributed by atoms with Gasteiger partial charge in [-0.2, -0.15) is 9.57 Å². The van der Waals surface area contributed by atoms with Gasteiger partial charge in [0.2, 0.25) is 10.0 Å². The molecular weight excluding hydrogens is 340 g/mol. The number of rotatable bonds is 2. The quantitative estimate of drug-likeness (QED) is 0.817. The van der Waals surface area contributed by atoms with Gasteiger partial charge in [0.25, 0.3) is 0 Å². The van der Waals surface area contributed by atoms with Crippen LogP contribution in [0.15, 0.2) is 33.6 Å². The lowest BCUT2D eigenvalue weighted by atomic mass is 9.78. The van der Waals surface area contributed by atoms with Crippen LogP contribution in [0.1, 0.15) is 26.7 Å². The van der Waals surface area contributed by atoms with E-state index in [1.54, 1.807) is 24.3 Å². The molecule has 0 N–H and O–H groups in total. The van der Waals surface area contributed by atoms with Gasteiger partial charge >= 0.3 is 0 Å². The van der Waals surface area contributed by atoms with Crippen molar-refractivity contribution in [1.29, 1.82) is 5.26 Å². The Morgan fingerprint density at radius 2 is 2.15 bits per heavy atom. The second-order valence-electron chi connectivity index (χ2n) is 5.70. The number of nitriles is 1. The number of halogens is 1. The first-order valence-corrected chi connectivity index (χ1v) is 8.69. The Kier molecular flexibility index (Phi) is 4.24. The molecule has 108 valence electrons. The highest BCUT2D eigenvalue weighted by Gasteiger charge is 2.43. The van der Waals surface area contributed by atoms with Gasteiger partial charge in [0.1, 0.15) is 6.04 Å². The lowest BCUT2D eigenvalue weighted by Crippen LogP contribution is -2.51. The normalized spacial score (nSPS) is 23.2. The molecule has 1 aliphatic heterocycles. The molecule has 1 aromatic rings. The second kappa shape index (κ2) is 5.47. The molecule has 0 amide bonds. The maximum atomic E-state index is 12.8. The molecule has 6 heteroatoms. The van der Waals surface area contributed by atoms with E-state index in [0.717, 1.165) is 12.8 Å². The van der Waals surface area contributed by atoms with Crippen molar-refractivity contribution in [3.8, 4) is 6.07 Å². The molecule has 1 fully saturated rings. The SMILES string of the molecule is CC1(C)CCCN(S(=O)(=O)c2cccc(Br)c2)C1C#N. The standard InChI is InChI=1S/C14H17BrN2O2S/c1-14(2)7-4-8-17(13(14)10-16)20(18,19)12-6-3-5-11(15)9-12/h3,5-6,9,13H,4,7-8H2,1-2H3. The predicted molar refractivity (Wildman–Crippen MR) is 80.4 cm³/mol. The number of benzene rings is 1. The van der Waals surface area contributed by atoms with E-state index in [-0.39, 0.29) is 10.3 Å². The minimum absolute atomic E-state index is 0.227. The molecule has 1 unspecified atom stereocenters. The summed E-state index contributed by atoms with van der Waals surface area (Å²) in [4.78, 5) is 0.227. The van der Waals surface area contributed by atoms with Crippen molar-refractivity contribution in [2.24, 2.45) is 5.41 Å². The van der Waals surface area contributed by atoms with Crippen molar-refractivity contribution in [2.45, 2.75) is 37.6 Å². The van der Waals surface area contributed by atoms with Gasteiger partial charge in [-0.15, -0.1) is 0 Å². The molecule has 20 heavy (non-hydrogen) atoms. The predicted octanol–water partition coefficient (Wildman–Crippen LogP) is 3.15. The van der Waals surface area contributed by atoms with Crippen LogP contribution in [0.3, 0.4) is 0 Å². The first-order valence-electron chi connectivity index (χ1n) is 6.46. The smallest absolute Gasteiger partial charge is 0.207 e. The highest BCUT2D eigenvalue weighted by molar-refractivity contribution is 9.10. The van der Waals surface area contributed by atoms with Gasteiger partial charge < -0.3 is 0 Å². The van der Waals surface area contributed by atoms with Crippen LogP contribution >= 0.6 is 15.9 Å². The van der Waals surface area contributed by atoms with E-state index in [2.05, 4.69) is 22.0 Å². The van der Waals surface area contributed by atoms with E-state index in [0.29, 0.717) is 11.0 Å². The summed E-state index contributed by atoms with van der Waals surface area (Å²) < 4.78 is 27.6. The van der Waals surface area contributed by atoms with E-state index in [1.165, 1.54) is 4.31 Å². The minimum atomic E-state index is -3.64. The molecule has 0 radical (unpaired) electrons. The van der Waals surface area contributed by atoms with Crippen LogP contribution in [0.25, 0.3) is 0 Å². The molecule has 1 heterocycles. The number of sulfonamides is 1. The van der Waals surface area contributed by atoms with Gasteiger partial charge in [0.05, 0.1) is 11.0 Å². The average Bonchev–Trinajstić information content (AvgIpc) is 2.37. The summed E-state index contributed by atoms with van der Waals surface area (Å²) in [6.07, 6.45) is 1.63. The summed E-state index contributed by atoms with van der Waals surface area (Å²) in [7, 11) is -3.64. The first-order chi connectivity index (χ1) is 9.29. The van der Waals surface area contributed by atoms with Crippen LogP contribution < -0.4 is 0 Å². The number of hydrogen-bond acceptors (Lipinski definition) is 3. The van der Waals surface area contributed by atoms with Crippen LogP contribution in [-0.4, -0.2) is 25.3 Å². The largest absolute Gasteiger partial charge is 0.244 e. The summed E-state index contributed by atoms with van der Waals surface area (Å²) in [5.41, 5.74) is -0.327. The molecule has 1 saturated heterocycles. The Bertz CT molecular complexity index is 649. The Morgan fingerprint density at radius 3 is 2.75 bits per heavy atom. The fourth-order valence-corrected chi connectivity index (χ4v) is 4.93. The fourth-order valence-electron chi connectivity index (χ4n) is 2.61. The van der Waals surface area contributed by atoms with E-state index in [4.69, 9.17) is 0 Å². The number of hydrogen-bond donors (Lipinski definition) is 0. The molecule has 2 rings (SSSR count). The topological polar surface area (TPSA) is 61.2 Å². The van der Waals surface area contributed by atoms with Crippen LogP contribution in [0.2, 0.25) is 0 Å². The molecule has 0 bridgehead atoms. The second-order valence-corrected chi connectivity index (χ2v) is 8.50. The summed E-state index contributed by atoms with van der Waals surface area (Å²) in [6.45, 7) is 4.30. The zero-order valence-corrected chi connectivity index (χ0v) is 13.9. The van der Waals surface area contributed by atoms with Crippen molar-refractivity contribution in [3.05, 3.63) is 28.7 Å². The van der Waals surface area contributed by atoms with Crippen LogP contribution in [-0.2, 0) is 10.0 Å². The van der Waals surface area contributed by atoms with Crippen molar-refractivity contribution >= 4 is 26.0 Å². The summed E-state index contributed by atoms with van der Waals surface area (Å²) >= 11 is 3.29. The van der Waals surface area contributed by atoms with Crippen LogP contribution in [0, 0.1) is 16.7 Å². The maximum absolute atomic E-state index is 12.8. The summed E-state index contributed by atoms with van der Waals surface area (Å²) in [5.74, 6) is 0. The third kappa shape index (κ3) is 2.76. The van der Waals surface area contributed by atoms with Gasteiger partial charge in [0.15, 0.2) is 0 Å². The molecule has 0 aliphatic carbocycles. The average molecular weight is 357 g/mol. The lowest BCUT2D eigenvalue weighted by molar-refractivity contribution is 0.139. The van der Waals surface area contributed by atoms with Crippen molar-refractivity contribution in [1.82, 2.24) is 4.31 Å². The maximum Gasteiger partial charge on any atom is 0.244 e. The molecule has 1 atom stereocenters. The van der Waals surface area contributed by atoms with Gasteiger partial charge in [-0.25, -0.2) is 8.42 Å². The third-order valence-electron chi connectivity index (χ3n) is 3.75. The Morgan fingerprint density at radius 1 is 1.45 bits per heavy atom. The number of piperidine rings is 1. The molecule has 1 aromatic carbocycles. The molecular formula is C14H17BrN2O2S. The molecule has 0 saturated carbocycles.